The van der Waals surface area contributed by atoms with Gasteiger partial charge in [-0.25, -0.2) is 0 Å². The summed E-state index contributed by atoms with van der Waals surface area (Å²) in [6.45, 7) is 0. The summed E-state index contributed by atoms with van der Waals surface area (Å²) >= 11 is 3.37. The summed E-state index contributed by atoms with van der Waals surface area (Å²) in [5, 5.41) is 5.65. The number of hydrogen-bond acceptors (Lipinski definition) is 3. The van der Waals surface area contributed by atoms with Crippen molar-refractivity contribution < 1.29 is 9.59 Å². The van der Waals surface area contributed by atoms with Crippen molar-refractivity contribution in [2.24, 2.45) is 0 Å². The number of carbonyl (C=O) groups is 2. The maximum Gasteiger partial charge on any atom is 0.274 e. The van der Waals surface area contributed by atoms with Gasteiger partial charge in [0.1, 0.15) is 5.69 Å². The molecule has 22 heavy (non-hydrogen) atoms. The van der Waals surface area contributed by atoms with Crippen LogP contribution in [-0.2, 0) is 0 Å². The zero-order valence-corrected chi connectivity index (χ0v) is 13.3. The predicted octanol–water partition coefficient (Wildman–Crippen LogP) is 2.99. The number of hydrogen-bond donors (Lipinski definition) is 2. The van der Waals surface area contributed by atoms with Crippen LogP contribution in [0, 0.1) is 0 Å². The lowest BCUT2D eigenvalue weighted by atomic mass is 10.2. The quantitative estimate of drug-likeness (QED) is 0.881. The molecule has 1 aliphatic carbocycles. The number of benzene rings is 1. The summed E-state index contributed by atoms with van der Waals surface area (Å²) < 4.78 is 0.783. The number of nitrogens with zero attached hydrogens (tertiary/aromatic N) is 1. The summed E-state index contributed by atoms with van der Waals surface area (Å²) in [7, 11) is 0. The van der Waals surface area contributed by atoms with Gasteiger partial charge in [-0.1, -0.05) is 12.1 Å². The lowest BCUT2D eigenvalue weighted by Crippen LogP contribution is -2.26. The Morgan fingerprint density at radius 3 is 2.64 bits per heavy atom. The molecule has 2 aromatic rings. The van der Waals surface area contributed by atoms with E-state index in [9.17, 15) is 9.59 Å². The second kappa shape index (κ2) is 6.27. The van der Waals surface area contributed by atoms with Gasteiger partial charge in [-0.3, -0.25) is 14.6 Å². The maximum atomic E-state index is 12.2. The second-order valence-corrected chi connectivity index (χ2v) is 5.97. The third kappa shape index (κ3) is 3.51. The molecule has 2 N–H and O–H groups in total. The van der Waals surface area contributed by atoms with E-state index < -0.39 is 0 Å². The molecule has 5 nitrogen and oxygen atoms in total. The van der Waals surface area contributed by atoms with E-state index in [2.05, 4.69) is 31.5 Å². The fourth-order valence-electron chi connectivity index (χ4n) is 1.94. The first-order valence-electron chi connectivity index (χ1n) is 6.96. The summed E-state index contributed by atoms with van der Waals surface area (Å²) in [5.41, 5.74) is 1.31. The zero-order chi connectivity index (χ0) is 15.5. The first-order valence-corrected chi connectivity index (χ1v) is 7.75. The van der Waals surface area contributed by atoms with Gasteiger partial charge in [0.15, 0.2) is 0 Å². The molecule has 1 heterocycles. The number of nitrogens with one attached hydrogen (secondary N) is 2. The highest BCUT2D eigenvalue weighted by Crippen LogP contribution is 2.22. The summed E-state index contributed by atoms with van der Waals surface area (Å²) in [4.78, 5) is 28.3. The maximum absolute atomic E-state index is 12.2. The van der Waals surface area contributed by atoms with Crippen molar-refractivity contribution in [3.8, 4) is 0 Å². The average molecular weight is 360 g/mol. The van der Waals surface area contributed by atoms with Crippen LogP contribution in [0.1, 0.15) is 33.7 Å². The Morgan fingerprint density at radius 1 is 1.14 bits per heavy atom. The van der Waals surface area contributed by atoms with Crippen molar-refractivity contribution in [1.82, 2.24) is 10.3 Å². The third-order valence-electron chi connectivity index (χ3n) is 3.29. The molecule has 3 rings (SSSR count). The summed E-state index contributed by atoms with van der Waals surface area (Å²) in [6.07, 6.45) is 3.51. The van der Waals surface area contributed by atoms with Crippen molar-refractivity contribution in [1.29, 1.82) is 0 Å². The Balaban J connectivity index is 1.75. The van der Waals surface area contributed by atoms with Gasteiger partial charge in [-0.05, 0) is 53.0 Å². The Bertz CT molecular complexity index is 729. The molecule has 1 fully saturated rings. The number of carbonyl (C=O) groups excluding carboxylic acids is 2. The lowest BCUT2D eigenvalue weighted by Gasteiger charge is -2.08. The predicted molar refractivity (Wildman–Crippen MR) is 86.8 cm³/mol. The standard InChI is InChI=1S/C16H14BrN3O2/c17-12-3-1-2-4-13(12)20-16(22)14-9-10(7-8-18-14)15(21)19-11-5-6-11/h1-4,7-9,11H,5-6H2,(H,19,21)(H,20,22). The Morgan fingerprint density at radius 2 is 1.91 bits per heavy atom. The van der Waals surface area contributed by atoms with E-state index in [0.717, 1.165) is 17.3 Å². The average Bonchev–Trinajstić information content (AvgIpc) is 3.33. The molecular weight excluding hydrogens is 346 g/mol. The minimum absolute atomic E-state index is 0.167. The number of halogens is 1. The van der Waals surface area contributed by atoms with Crippen molar-refractivity contribution >= 4 is 33.4 Å². The molecule has 1 aromatic carbocycles. The van der Waals surface area contributed by atoms with Crippen LogP contribution in [0.25, 0.3) is 0 Å². The monoisotopic (exact) mass is 359 g/mol. The molecular formula is C16H14BrN3O2. The molecule has 1 saturated carbocycles. The molecule has 0 atom stereocenters. The number of aromatic nitrogens is 1. The van der Waals surface area contributed by atoms with Crippen LogP contribution < -0.4 is 10.6 Å². The Labute approximate surface area is 136 Å². The van der Waals surface area contributed by atoms with Gasteiger partial charge in [0.25, 0.3) is 11.8 Å². The van der Waals surface area contributed by atoms with Crippen LogP contribution in [0.5, 0.6) is 0 Å². The molecule has 6 heteroatoms. The SMILES string of the molecule is O=C(NC1CC1)c1ccnc(C(=O)Nc2ccccc2Br)c1. The smallest absolute Gasteiger partial charge is 0.274 e. The molecule has 0 aliphatic heterocycles. The number of pyridine rings is 1. The van der Waals surface area contributed by atoms with Gasteiger partial charge in [0.05, 0.1) is 5.69 Å². The first-order chi connectivity index (χ1) is 10.6. The molecule has 112 valence electrons. The van der Waals surface area contributed by atoms with Gasteiger partial charge in [-0.2, -0.15) is 0 Å². The number of rotatable bonds is 4. The molecule has 0 spiro atoms. The second-order valence-electron chi connectivity index (χ2n) is 5.11. The molecule has 1 aromatic heterocycles. The van der Waals surface area contributed by atoms with Crippen LogP contribution in [0.15, 0.2) is 47.1 Å². The molecule has 0 saturated heterocycles. The van der Waals surface area contributed by atoms with Crippen LogP contribution in [0.4, 0.5) is 5.69 Å². The fraction of sp³-hybridized carbons (Fsp3) is 0.188. The molecule has 2 amide bonds. The van der Waals surface area contributed by atoms with Gasteiger partial charge in [0, 0.05) is 22.3 Å². The first kappa shape index (κ1) is 14.7. The van der Waals surface area contributed by atoms with Crippen molar-refractivity contribution in [2.45, 2.75) is 18.9 Å². The van der Waals surface area contributed by atoms with Crippen LogP contribution in [0.2, 0.25) is 0 Å². The Kier molecular flexibility index (Phi) is 4.20. The van der Waals surface area contributed by atoms with E-state index in [1.165, 1.54) is 12.3 Å². The van der Waals surface area contributed by atoms with Crippen LogP contribution in [0.3, 0.4) is 0 Å². The van der Waals surface area contributed by atoms with E-state index in [-0.39, 0.29) is 23.6 Å². The molecule has 0 radical (unpaired) electrons. The van der Waals surface area contributed by atoms with Gasteiger partial charge in [-0.15, -0.1) is 0 Å². The lowest BCUT2D eigenvalue weighted by molar-refractivity contribution is 0.0951. The molecule has 1 aliphatic rings. The highest BCUT2D eigenvalue weighted by molar-refractivity contribution is 9.10. The molecule has 0 unspecified atom stereocenters. The Hall–Kier alpha value is -2.21. The van der Waals surface area contributed by atoms with E-state index in [0.29, 0.717) is 11.3 Å². The summed E-state index contributed by atoms with van der Waals surface area (Å²) in [5.74, 6) is -0.521. The topological polar surface area (TPSA) is 71.1 Å². The van der Waals surface area contributed by atoms with Gasteiger partial charge < -0.3 is 10.6 Å². The van der Waals surface area contributed by atoms with E-state index in [1.54, 1.807) is 12.1 Å². The third-order valence-corrected chi connectivity index (χ3v) is 3.98. The van der Waals surface area contributed by atoms with Crippen LogP contribution in [-0.4, -0.2) is 22.8 Å². The highest BCUT2D eigenvalue weighted by Gasteiger charge is 2.24. The van der Waals surface area contributed by atoms with Gasteiger partial charge in [0.2, 0.25) is 0 Å². The highest BCUT2D eigenvalue weighted by atomic mass is 79.9. The van der Waals surface area contributed by atoms with Crippen molar-refractivity contribution in [3.63, 3.8) is 0 Å². The minimum Gasteiger partial charge on any atom is -0.349 e. The number of anilines is 1. The summed E-state index contributed by atoms with van der Waals surface area (Å²) in [6, 6.07) is 10.7. The van der Waals surface area contributed by atoms with E-state index >= 15 is 0 Å². The minimum atomic E-state index is -0.354. The number of para-hydroxylation sites is 1. The van der Waals surface area contributed by atoms with E-state index in [4.69, 9.17) is 0 Å². The molecule has 0 bridgehead atoms. The fourth-order valence-corrected chi connectivity index (χ4v) is 2.33. The normalized spacial score (nSPS) is 13.5. The van der Waals surface area contributed by atoms with Gasteiger partial charge >= 0.3 is 0 Å². The van der Waals surface area contributed by atoms with Crippen molar-refractivity contribution in [2.75, 3.05) is 5.32 Å². The van der Waals surface area contributed by atoms with Crippen LogP contribution >= 0.6 is 15.9 Å². The zero-order valence-electron chi connectivity index (χ0n) is 11.7. The number of amides is 2. The van der Waals surface area contributed by atoms with E-state index in [1.807, 2.05) is 18.2 Å². The largest absolute Gasteiger partial charge is 0.349 e. The van der Waals surface area contributed by atoms with Crippen molar-refractivity contribution in [3.05, 3.63) is 58.3 Å².